The third-order valence-corrected chi connectivity index (χ3v) is 14.5. The molecule has 0 saturated heterocycles. The molecule has 1 heteroatoms. The molecule has 2 aliphatic rings. The van der Waals surface area contributed by atoms with Gasteiger partial charge in [-0.25, -0.2) is 0 Å². The van der Waals surface area contributed by atoms with Crippen molar-refractivity contribution in [3.63, 3.8) is 0 Å². The van der Waals surface area contributed by atoms with Gasteiger partial charge in [0.05, 0.1) is 0 Å². The van der Waals surface area contributed by atoms with Gasteiger partial charge in [0.2, 0.25) is 0 Å². The molecule has 0 fully saturated rings. The molecule has 0 heterocycles. The first-order valence-corrected chi connectivity index (χ1v) is 22.9. The molecule has 0 aliphatic heterocycles. The number of benzene rings is 10. The van der Waals surface area contributed by atoms with E-state index in [-0.39, 0.29) is 10.8 Å². The predicted octanol–water partition coefficient (Wildman–Crippen LogP) is 17.6. The number of fused-ring (bicyclic) bond motifs is 7. The van der Waals surface area contributed by atoms with Gasteiger partial charge in [-0.3, -0.25) is 0 Å². The van der Waals surface area contributed by atoms with Crippen molar-refractivity contribution in [3.8, 4) is 66.8 Å². The van der Waals surface area contributed by atoms with Gasteiger partial charge in [0.1, 0.15) is 0 Å². The van der Waals surface area contributed by atoms with E-state index in [1.54, 1.807) is 0 Å². The number of hydrogen-bond donors (Lipinski definition) is 0. The van der Waals surface area contributed by atoms with Crippen molar-refractivity contribution in [2.24, 2.45) is 0 Å². The summed E-state index contributed by atoms with van der Waals surface area (Å²) in [5.74, 6) is 0. The van der Waals surface area contributed by atoms with Crippen LogP contribution < -0.4 is 4.90 Å². The summed E-state index contributed by atoms with van der Waals surface area (Å²) >= 11 is 0. The summed E-state index contributed by atoms with van der Waals surface area (Å²) in [4.78, 5) is 2.42. The second kappa shape index (κ2) is 14.9. The maximum Gasteiger partial charge on any atom is 0.0465 e. The van der Waals surface area contributed by atoms with E-state index < -0.39 is 0 Å². The van der Waals surface area contributed by atoms with Crippen LogP contribution in [0.25, 0.3) is 77.5 Å². The second-order valence-corrected chi connectivity index (χ2v) is 19.0. The maximum atomic E-state index is 2.44. The van der Waals surface area contributed by atoms with Gasteiger partial charge in [0, 0.05) is 27.9 Å². The minimum absolute atomic E-state index is 0.0478. The molecule has 0 unspecified atom stereocenters. The fourth-order valence-electron chi connectivity index (χ4n) is 10.8. The molecular formula is C64H49N. The Balaban J connectivity index is 0.915. The van der Waals surface area contributed by atoms with Gasteiger partial charge in [-0.1, -0.05) is 198 Å². The summed E-state index contributed by atoms with van der Waals surface area (Å²) in [5.41, 5.74) is 23.8. The van der Waals surface area contributed by atoms with Gasteiger partial charge in [-0.05, 0) is 154 Å². The molecule has 0 aromatic heterocycles. The van der Waals surface area contributed by atoms with E-state index in [1.807, 2.05) is 0 Å². The largest absolute Gasteiger partial charge is 0.310 e. The van der Waals surface area contributed by atoms with Crippen LogP contribution in [0.1, 0.15) is 49.9 Å². The molecule has 10 aromatic carbocycles. The van der Waals surface area contributed by atoms with Gasteiger partial charge in [0.25, 0.3) is 0 Å². The first-order chi connectivity index (χ1) is 31.7. The van der Waals surface area contributed by atoms with Crippen molar-refractivity contribution in [1.82, 2.24) is 0 Å². The predicted molar refractivity (Wildman–Crippen MR) is 276 cm³/mol. The summed E-state index contributed by atoms with van der Waals surface area (Å²) in [6, 6.07) is 83.3. The van der Waals surface area contributed by atoms with E-state index in [1.165, 1.54) is 99.8 Å². The van der Waals surface area contributed by atoms with Gasteiger partial charge >= 0.3 is 0 Å². The van der Waals surface area contributed by atoms with E-state index in [9.17, 15) is 0 Å². The molecule has 310 valence electrons. The first-order valence-electron chi connectivity index (χ1n) is 22.9. The Morgan fingerprint density at radius 3 is 1.23 bits per heavy atom. The molecule has 0 amide bonds. The lowest BCUT2D eigenvalue weighted by atomic mass is 9.81. The third kappa shape index (κ3) is 6.45. The summed E-state index contributed by atoms with van der Waals surface area (Å²) in [5, 5.41) is 2.53. The third-order valence-electron chi connectivity index (χ3n) is 14.5. The quantitative estimate of drug-likeness (QED) is 0.155. The number of rotatable bonds is 7. The molecule has 0 spiro atoms. The number of hydrogen-bond acceptors (Lipinski definition) is 1. The van der Waals surface area contributed by atoms with Crippen LogP contribution in [0.4, 0.5) is 17.1 Å². The van der Waals surface area contributed by atoms with Crippen molar-refractivity contribution in [1.29, 1.82) is 0 Å². The average molecular weight is 832 g/mol. The van der Waals surface area contributed by atoms with Crippen molar-refractivity contribution in [3.05, 3.63) is 247 Å². The van der Waals surface area contributed by atoms with Crippen LogP contribution in [0.3, 0.4) is 0 Å². The highest BCUT2D eigenvalue weighted by molar-refractivity contribution is 5.91. The zero-order chi connectivity index (χ0) is 43.9. The smallest absolute Gasteiger partial charge is 0.0465 e. The molecule has 12 rings (SSSR count). The SMILES string of the molecule is CC1(C)c2ccccc2-c2ccc(-c3ccc(N(c4ccc(-c5ccc(-c6ccccc6)cc5)cc4)c4ccc5c(c4)C(C)(C)c4cc(-c6ccc7ccccc7c6)ccc4-5)cc3)cc21. The van der Waals surface area contributed by atoms with Crippen molar-refractivity contribution in [2.75, 3.05) is 4.90 Å². The Morgan fingerprint density at radius 1 is 0.246 bits per heavy atom. The molecule has 65 heavy (non-hydrogen) atoms. The molecule has 0 saturated carbocycles. The zero-order valence-corrected chi connectivity index (χ0v) is 37.3. The minimum atomic E-state index is -0.195. The van der Waals surface area contributed by atoms with Gasteiger partial charge in [-0.2, -0.15) is 0 Å². The van der Waals surface area contributed by atoms with E-state index in [4.69, 9.17) is 0 Å². The summed E-state index contributed by atoms with van der Waals surface area (Å²) in [6.07, 6.45) is 0. The van der Waals surface area contributed by atoms with E-state index in [0.717, 1.165) is 17.1 Å². The molecule has 10 aromatic rings. The summed E-state index contributed by atoms with van der Waals surface area (Å²) in [7, 11) is 0. The zero-order valence-electron chi connectivity index (χ0n) is 37.3. The lowest BCUT2D eigenvalue weighted by Crippen LogP contribution is -2.16. The Bertz CT molecular complexity index is 3440. The lowest BCUT2D eigenvalue weighted by molar-refractivity contribution is 0.660. The maximum absolute atomic E-state index is 2.44. The van der Waals surface area contributed by atoms with Crippen LogP contribution in [-0.4, -0.2) is 0 Å². The highest BCUT2D eigenvalue weighted by Gasteiger charge is 2.37. The fourth-order valence-corrected chi connectivity index (χ4v) is 10.8. The fraction of sp³-hybridized carbons (Fsp3) is 0.0938. The van der Waals surface area contributed by atoms with Crippen molar-refractivity contribution in [2.45, 2.75) is 38.5 Å². The molecular weight excluding hydrogens is 783 g/mol. The number of anilines is 3. The monoisotopic (exact) mass is 831 g/mol. The highest BCUT2D eigenvalue weighted by atomic mass is 15.1. The minimum Gasteiger partial charge on any atom is -0.310 e. The molecule has 0 bridgehead atoms. The summed E-state index contributed by atoms with van der Waals surface area (Å²) < 4.78 is 0. The normalized spacial score (nSPS) is 13.8. The van der Waals surface area contributed by atoms with Crippen LogP contribution >= 0.6 is 0 Å². The van der Waals surface area contributed by atoms with Crippen LogP contribution in [0, 0.1) is 0 Å². The molecule has 2 aliphatic carbocycles. The van der Waals surface area contributed by atoms with Gasteiger partial charge in [-0.15, -0.1) is 0 Å². The molecule has 0 radical (unpaired) electrons. The van der Waals surface area contributed by atoms with E-state index in [0.29, 0.717) is 0 Å². The Hall–Kier alpha value is -7.74. The first kappa shape index (κ1) is 38.9. The van der Waals surface area contributed by atoms with Crippen LogP contribution in [0.2, 0.25) is 0 Å². The Kier molecular flexibility index (Phi) is 8.94. The highest BCUT2D eigenvalue weighted by Crippen LogP contribution is 2.53. The van der Waals surface area contributed by atoms with Crippen molar-refractivity contribution < 1.29 is 0 Å². The van der Waals surface area contributed by atoms with E-state index in [2.05, 4.69) is 257 Å². The van der Waals surface area contributed by atoms with E-state index >= 15 is 0 Å². The summed E-state index contributed by atoms with van der Waals surface area (Å²) in [6.45, 7) is 9.49. The number of nitrogens with zero attached hydrogens (tertiary/aromatic N) is 1. The van der Waals surface area contributed by atoms with Crippen LogP contribution in [-0.2, 0) is 10.8 Å². The molecule has 0 N–H and O–H groups in total. The standard InChI is InChI=1S/C64H49N/c1-63(2)59-17-11-10-16-55(59)56-35-28-50(39-60(56)63)47-26-32-53(33-27-47)65(52-30-24-46(25-31-52)45-20-18-44(19-21-45)42-12-6-5-7-13-42)54-34-37-58-57-36-29-51(40-61(57)64(3,4)62(58)41-54)49-23-22-43-14-8-9-15-48(43)38-49/h5-41H,1-4H3. The van der Waals surface area contributed by atoms with Gasteiger partial charge < -0.3 is 4.90 Å². The van der Waals surface area contributed by atoms with Crippen LogP contribution in [0.5, 0.6) is 0 Å². The molecule has 1 nitrogen and oxygen atoms in total. The van der Waals surface area contributed by atoms with Crippen molar-refractivity contribution >= 4 is 27.8 Å². The van der Waals surface area contributed by atoms with Crippen LogP contribution in [0.15, 0.2) is 224 Å². The molecule has 0 atom stereocenters. The van der Waals surface area contributed by atoms with Gasteiger partial charge in [0.15, 0.2) is 0 Å². The Labute approximate surface area is 383 Å². The topological polar surface area (TPSA) is 3.24 Å². The average Bonchev–Trinajstić information content (AvgIpc) is 3.73. The second-order valence-electron chi connectivity index (χ2n) is 19.0. The Morgan fingerprint density at radius 2 is 0.615 bits per heavy atom. The lowest BCUT2D eigenvalue weighted by Gasteiger charge is -2.28.